The van der Waals surface area contributed by atoms with Gasteiger partial charge in [0.05, 0.1) is 0 Å². The Morgan fingerprint density at radius 2 is 1.87 bits per heavy atom. The lowest BCUT2D eigenvalue weighted by Gasteiger charge is -2.23. The molecule has 0 aliphatic carbocycles. The standard InChI is InChI=1S/C9H21ClN2O2S/c1-8(2)12(4)15(13,14)11-9(3)6-5-7-10/h8-9,11H,5-7H2,1-4H3. The van der Waals surface area contributed by atoms with Gasteiger partial charge in [-0.3, -0.25) is 0 Å². The highest BCUT2D eigenvalue weighted by molar-refractivity contribution is 7.87. The first-order chi connectivity index (χ1) is 6.81. The van der Waals surface area contributed by atoms with Crippen LogP contribution in [0.3, 0.4) is 0 Å². The zero-order chi connectivity index (χ0) is 12.1. The largest absolute Gasteiger partial charge is 0.279 e. The predicted octanol–water partition coefficient (Wildman–Crippen LogP) is 1.57. The van der Waals surface area contributed by atoms with E-state index in [9.17, 15) is 8.42 Å². The van der Waals surface area contributed by atoms with Crippen molar-refractivity contribution in [1.82, 2.24) is 9.03 Å². The van der Waals surface area contributed by atoms with Gasteiger partial charge in [-0.25, -0.2) is 0 Å². The van der Waals surface area contributed by atoms with Crippen molar-refractivity contribution in [3.05, 3.63) is 0 Å². The Balaban J connectivity index is 4.25. The van der Waals surface area contributed by atoms with Crippen molar-refractivity contribution in [3.8, 4) is 0 Å². The van der Waals surface area contributed by atoms with Crippen molar-refractivity contribution in [2.24, 2.45) is 0 Å². The van der Waals surface area contributed by atoms with E-state index in [-0.39, 0.29) is 12.1 Å². The first kappa shape index (κ1) is 15.2. The summed E-state index contributed by atoms with van der Waals surface area (Å²) in [6.45, 7) is 5.52. The molecule has 92 valence electrons. The van der Waals surface area contributed by atoms with Crippen molar-refractivity contribution in [1.29, 1.82) is 0 Å². The highest BCUT2D eigenvalue weighted by atomic mass is 35.5. The van der Waals surface area contributed by atoms with Gasteiger partial charge in [-0.2, -0.15) is 17.4 Å². The second kappa shape index (κ2) is 6.68. The Kier molecular flexibility index (Phi) is 6.75. The fraction of sp³-hybridized carbons (Fsp3) is 1.00. The fourth-order valence-electron chi connectivity index (χ4n) is 1.06. The third-order valence-electron chi connectivity index (χ3n) is 2.23. The Labute approximate surface area is 98.2 Å². The highest BCUT2D eigenvalue weighted by Crippen LogP contribution is 2.05. The maximum atomic E-state index is 11.7. The lowest BCUT2D eigenvalue weighted by molar-refractivity contribution is 0.395. The van der Waals surface area contributed by atoms with Gasteiger partial charge >= 0.3 is 0 Å². The van der Waals surface area contributed by atoms with Crippen LogP contribution in [0.2, 0.25) is 0 Å². The van der Waals surface area contributed by atoms with Gasteiger partial charge in [-0.05, 0) is 33.6 Å². The van der Waals surface area contributed by atoms with Crippen LogP contribution in [0.4, 0.5) is 0 Å². The van der Waals surface area contributed by atoms with Crippen LogP contribution in [-0.2, 0) is 10.2 Å². The molecule has 15 heavy (non-hydrogen) atoms. The lowest BCUT2D eigenvalue weighted by Crippen LogP contribution is -2.45. The molecule has 0 saturated carbocycles. The number of rotatable bonds is 7. The number of hydrogen-bond donors (Lipinski definition) is 1. The molecule has 0 aromatic heterocycles. The quantitative estimate of drug-likeness (QED) is 0.703. The maximum Gasteiger partial charge on any atom is 0.279 e. The van der Waals surface area contributed by atoms with Crippen molar-refractivity contribution < 1.29 is 8.42 Å². The molecule has 0 rings (SSSR count). The van der Waals surface area contributed by atoms with E-state index in [0.29, 0.717) is 5.88 Å². The van der Waals surface area contributed by atoms with E-state index in [1.54, 1.807) is 7.05 Å². The van der Waals surface area contributed by atoms with Gasteiger partial charge in [0.15, 0.2) is 0 Å². The molecule has 0 heterocycles. The van der Waals surface area contributed by atoms with Crippen LogP contribution >= 0.6 is 11.6 Å². The van der Waals surface area contributed by atoms with Gasteiger partial charge in [0.25, 0.3) is 10.2 Å². The Bertz CT molecular complexity index is 267. The Morgan fingerprint density at radius 3 is 2.27 bits per heavy atom. The third-order valence-corrected chi connectivity index (χ3v) is 4.37. The number of nitrogens with one attached hydrogen (secondary N) is 1. The van der Waals surface area contributed by atoms with Crippen molar-refractivity contribution in [2.45, 2.75) is 45.7 Å². The molecule has 1 unspecified atom stereocenters. The van der Waals surface area contributed by atoms with E-state index < -0.39 is 10.2 Å². The van der Waals surface area contributed by atoms with Crippen LogP contribution in [0.5, 0.6) is 0 Å². The molecular formula is C9H21ClN2O2S. The average molecular weight is 257 g/mol. The number of halogens is 1. The van der Waals surface area contributed by atoms with Crippen LogP contribution < -0.4 is 4.72 Å². The van der Waals surface area contributed by atoms with E-state index in [4.69, 9.17) is 11.6 Å². The van der Waals surface area contributed by atoms with Crippen molar-refractivity contribution >= 4 is 21.8 Å². The summed E-state index contributed by atoms with van der Waals surface area (Å²) in [6.07, 6.45) is 1.57. The second-order valence-electron chi connectivity index (χ2n) is 3.97. The molecule has 0 saturated heterocycles. The zero-order valence-electron chi connectivity index (χ0n) is 9.83. The molecule has 0 spiro atoms. The van der Waals surface area contributed by atoms with Crippen molar-refractivity contribution in [2.75, 3.05) is 12.9 Å². The molecule has 0 bridgehead atoms. The van der Waals surface area contributed by atoms with Gasteiger partial charge in [-0.1, -0.05) is 0 Å². The SMILES string of the molecule is CC(CCCCl)NS(=O)(=O)N(C)C(C)C. The molecule has 0 aromatic rings. The van der Waals surface area contributed by atoms with Gasteiger partial charge in [0.1, 0.15) is 0 Å². The lowest BCUT2D eigenvalue weighted by atomic mass is 10.2. The molecule has 1 atom stereocenters. The predicted molar refractivity (Wildman–Crippen MR) is 64.4 cm³/mol. The summed E-state index contributed by atoms with van der Waals surface area (Å²) in [5, 5.41) is 0. The summed E-state index contributed by atoms with van der Waals surface area (Å²) in [5.74, 6) is 0.562. The number of alkyl halides is 1. The number of hydrogen-bond acceptors (Lipinski definition) is 2. The van der Waals surface area contributed by atoms with Crippen LogP contribution in [0.1, 0.15) is 33.6 Å². The second-order valence-corrected chi connectivity index (χ2v) is 6.10. The molecular weight excluding hydrogens is 236 g/mol. The number of nitrogens with zero attached hydrogens (tertiary/aromatic N) is 1. The molecule has 0 aromatic carbocycles. The zero-order valence-corrected chi connectivity index (χ0v) is 11.4. The smallest absolute Gasteiger partial charge is 0.199 e. The Morgan fingerprint density at radius 1 is 1.33 bits per heavy atom. The molecule has 6 heteroatoms. The van der Waals surface area contributed by atoms with E-state index in [1.165, 1.54) is 4.31 Å². The molecule has 0 fully saturated rings. The molecule has 1 N–H and O–H groups in total. The Hall–Kier alpha value is 0.160. The van der Waals surface area contributed by atoms with Crippen LogP contribution in [0, 0.1) is 0 Å². The van der Waals surface area contributed by atoms with Gasteiger partial charge < -0.3 is 0 Å². The van der Waals surface area contributed by atoms with Crippen LogP contribution in [0.15, 0.2) is 0 Å². The van der Waals surface area contributed by atoms with E-state index in [1.807, 2.05) is 20.8 Å². The molecule has 0 amide bonds. The van der Waals surface area contributed by atoms with Crippen LogP contribution in [-0.4, -0.2) is 37.7 Å². The fourth-order valence-corrected chi connectivity index (χ4v) is 2.56. The molecule has 0 aliphatic heterocycles. The van der Waals surface area contributed by atoms with Gasteiger partial charge in [-0.15, -0.1) is 11.6 Å². The van der Waals surface area contributed by atoms with E-state index >= 15 is 0 Å². The monoisotopic (exact) mass is 256 g/mol. The molecule has 0 radical (unpaired) electrons. The summed E-state index contributed by atoms with van der Waals surface area (Å²) >= 11 is 5.54. The molecule has 0 aliphatic rings. The van der Waals surface area contributed by atoms with Gasteiger partial charge in [0.2, 0.25) is 0 Å². The minimum atomic E-state index is -3.35. The van der Waals surface area contributed by atoms with E-state index in [0.717, 1.165) is 12.8 Å². The summed E-state index contributed by atoms with van der Waals surface area (Å²) in [5.41, 5.74) is 0. The summed E-state index contributed by atoms with van der Waals surface area (Å²) in [6, 6.07) is -0.113. The first-order valence-electron chi connectivity index (χ1n) is 5.12. The summed E-state index contributed by atoms with van der Waals surface area (Å²) in [7, 11) is -1.78. The minimum Gasteiger partial charge on any atom is -0.199 e. The minimum absolute atomic E-state index is 0.0391. The molecule has 4 nitrogen and oxygen atoms in total. The van der Waals surface area contributed by atoms with Gasteiger partial charge in [0, 0.05) is 25.0 Å². The normalized spacial score (nSPS) is 14.9. The van der Waals surface area contributed by atoms with Crippen molar-refractivity contribution in [3.63, 3.8) is 0 Å². The first-order valence-corrected chi connectivity index (χ1v) is 7.10. The van der Waals surface area contributed by atoms with E-state index in [2.05, 4.69) is 4.72 Å². The average Bonchev–Trinajstić information content (AvgIpc) is 2.12. The topological polar surface area (TPSA) is 49.4 Å². The maximum absolute atomic E-state index is 11.7. The summed E-state index contributed by atoms with van der Waals surface area (Å²) < 4.78 is 27.4. The third kappa shape index (κ3) is 5.70. The van der Waals surface area contributed by atoms with Crippen LogP contribution in [0.25, 0.3) is 0 Å². The highest BCUT2D eigenvalue weighted by Gasteiger charge is 2.21. The summed E-state index contributed by atoms with van der Waals surface area (Å²) in [4.78, 5) is 0.